The predicted molar refractivity (Wildman–Crippen MR) is 51.3 cm³/mol. The van der Waals surface area contributed by atoms with Crippen molar-refractivity contribution < 1.29 is 14.6 Å². The second-order valence-corrected chi connectivity index (χ2v) is 2.51. The topological polar surface area (TPSA) is 46.5 Å². The maximum absolute atomic E-state index is 10.7. The van der Waals surface area contributed by atoms with Crippen molar-refractivity contribution in [3.8, 4) is 0 Å². The van der Waals surface area contributed by atoms with Crippen LogP contribution in [-0.2, 0) is 9.53 Å². The smallest absolute Gasteiger partial charge is 0.335 e. The van der Waals surface area contributed by atoms with Crippen LogP contribution in [0.15, 0.2) is 35.6 Å². The van der Waals surface area contributed by atoms with Gasteiger partial charge in [0.2, 0.25) is 0 Å². The zero-order valence-corrected chi connectivity index (χ0v) is 8.13. The van der Waals surface area contributed by atoms with Gasteiger partial charge in [0.25, 0.3) is 0 Å². The van der Waals surface area contributed by atoms with Crippen LogP contribution in [0.25, 0.3) is 0 Å². The normalized spacial score (nSPS) is 12.5. The lowest BCUT2D eigenvalue weighted by molar-refractivity contribution is -0.132. The van der Waals surface area contributed by atoms with Crippen LogP contribution in [0.5, 0.6) is 0 Å². The van der Waals surface area contributed by atoms with Crippen molar-refractivity contribution >= 4 is 5.97 Å². The van der Waals surface area contributed by atoms with Crippen LogP contribution in [0, 0.1) is 0 Å². The van der Waals surface area contributed by atoms with Crippen molar-refractivity contribution in [2.45, 2.75) is 13.8 Å². The summed E-state index contributed by atoms with van der Waals surface area (Å²) in [5, 5.41) is 8.75. The number of ether oxygens (including phenoxy) is 1. The fourth-order valence-electron chi connectivity index (χ4n) is 0.898. The molecule has 0 bridgehead atoms. The van der Waals surface area contributed by atoms with Crippen LogP contribution in [0.4, 0.5) is 0 Å². The van der Waals surface area contributed by atoms with Gasteiger partial charge in [-0.2, -0.15) is 0 Å². The Morgan fingerprint density at radius 1 is 1.54 bits per heavy atom. The van der Waals surface area contributed by atoms with E-state index in [1.54, 1.807) is 19.9 Å². The summed E-state index contributed by atoms with van der Waals surface area (Å²) < 4.78 is 4.80. The second-order valence-electron chi connectivity index (χ2n) is 2.51. The summed E-state index contributed by atoms with van der Waals surface area (Å²) in [7, 11) is 1.49. The quantitative estimate of drug-likeness (QED) is 0.411. The molecule has 0 atom stereocenters. The molecule has 0 saturated heterocycles. The van der Waals surface area contributed by atoms with Gasteiger partial charge in [-0.3, -0.25) is 0 Å². The zero-order chi connectivity index (χ0) is 10.4. The van der Waals surface area contributed by atoms with Crippen LogP contribution in [0.2, 0.25) is 0 Å². The van der Waals surface area contributed by atoms with Crippen LogP contribution in [0.1, 0.15) is 13.8 Å². The van der Waals surface area contributed by atoms with Crippen molar-refractivity contribution in [3.63, 3.8) is 0 Å². The first-order valence-corrected chi connectivity index (χ1v) is 3.84. The number of rotatable bonds is 4. The molecule has 0 aliphatic rings. The highest BCUT2D eigenvalue weighted by Crippen LogP contribution is 2.11. The van der Waals surface area contributed by atoms with E-state index in [1.807, 2.05) is 0 Å². The summed E-state index contributed by atoms with van der Waals surface area (Å²) in [6, 6.07) is 0. The molecule has 0 heterocycles. The number of hydrogen-bond donors (Lipinski definition) is 1. The molecule has 0 aromatic carbocycles. The first-order valence-electron chi connectivity index (χ1n) is 3.84. The van der Waals surface area contributed by atoms with Gasteiger partial charge in [-0.05, 0) is 25.5 Å². The van der Waals surface area contributed by atoms with Gasteiger partial charge in [0.1, 0.15) is 5.76 Å². The van der Waals surface area contributed by atoms with E-state index < -0.39 is 5.97 Å². The van der Waals surface area contributed by atoms with Gasteiger partial charge < -0.3 is 9.84 Å². The fraction of sp³-hybridized carbons (Fsp3) is 0.300. The minimum Gasteiger partial charge on any atom is -0.497 e. The molecule has 0 unspecified atom stereocenters. The third-order valence-electron chi connectivity index (χ3n) is 1.58. The molecule has 0 rings (SSSR count). The molecule has 0 aromatic rings. The first-order chi connectivity index (χ1) is 6.02. The van der Waals surface area contributed by atoms with E-state index in [1.165, 1.54) is 13.2 Å². The van der Waals surface area contributed by atoms with Crippen LogP contribution < -0.4 is 0 Å². The van der Waals surface area contributed by atoms with Crippen molar-refractivity contribution in [3.05, 3.63) is 35.6 Å². The summed E-state index contributed by atoms with van der Waals surface area (Å²) in [6.45, 7) is 6.95. The van der Waals surface area contributed by atoms with E-state index in [9.17, 15) is 4.79 Å². The zero-order valence-electron chi connectivity index (χ0n) is 8.13. The van der Waals surface area contributed by atoms with E-state index in [0.29, 0.717) is 11.3 Å². The summed E-state index contributed by atoms with van der Waals surface area (Å²) in [4.78, 5) is 10.7. The summed E-state index contributed by atoms with van der Waals surface area (Å²) in [5.41, 5.74) is 0.889. The third kappa shape index (κ3) is 3.60. The minimum atomic E-state index is -0.944. The molecule has 13 heavy (non-hydrogen) atoms. The molecule has 0 radical (unpaired) electrons. The molecule has 0 aliphatic carbocycles. The summed E-state index contributed by atoms with van der Waals surface area (Å²) in [6.07, 6.45) is 3.13. The predicted octanol–water partition coefficient (Wildman–Crippen LogP) is 2.12. The Labute approximate surface area is 78.0 Å². The van der Waals surface area contributed by atoms with Crippen LogP contribution >= 0.6 is 0 Å². The van der Waals surface area contributed by atoms with Gasteiger partial charge >= 0.3 is 5.97 Å². The van der Waals surface area contributed by atoms with E-state index >= 15 is 0 Å². The Bertz CT molecular complexity index is 272. The first kappa shape index (κ1) is 11.5. The third-order valence-corrected chi connectivity index (χ3v) is 1.58. The van der Waals surface area contributed by atoms with Gasteiger partial charge in [0.05, 0.1) is 12.7 Å². The summed E-state index contributed by atoms with van der Waals surface area (Å²) >= 11 is 0. The number of carboxylic acid groups (broad SMARTS) is 1. The number of hydrogen-bond acceptors (Lipinski definition) is 2. The van der Waals surface area contributed by atoms with E-state index in [-0.39, 0.29) is 5.57 Å². The summed E-state index contributed by atoms with van der Waals surface area (Å²) in [5.74, 6) is -0.502. The molecule has 0 spiro atoms. The average molecular weight is 182 g/mol. The van der Waals surface area contributed by atoms with Crippen molar-refractivity contribution in [1.29, 1.82) is 0 Å². The highest BCUT2D eigenvalue weighted by molar-refractivity contribution is 5.91. The molecule has 3 heteroatoms. The standard InChI is InChI=1S/C10H14O3/c1-5-9(10(11)12)7(2)6-8(3)13-4/h5-6H,3H2,1-2,4H3,(H,11,12)/b7-6-,9-5+. The number of methoxy groups -OCH3 is 1. The van der Waals surface area contributed by atoms with Crippen LogP contribution in [0.3, 0.4) is 0 Å². The van der Waals surface area contributed by atoms with Crippen molar-refractivity contribution in [2.24, 2.45) is 0 Å². The maximum Gasteiger partial charge on any atom is 0.335 e. The molecule has 0 aliphatic heterocycles. The number of aliphatic carboxylic acids is 1. The lowest BCUT2D eigenvalue weighted by Crippen LogP contribution is -2.01. The number of carboxylic acids is 1. The average Bonchev–Trinajstić information content (AvgIpc) is 2.04. The molecule has 0 saturated carbocycles. The number of allylic oxidation sites excluding steroid dienone is 2. The molecule has 0 amide bonds. The Balaban J connectivity index is 4.76. The second kappa shape index (κ2) is 5.19. The van der Waals surface area contributed by atoms with Gasteiger partial charge in [-0.15, -0.1) is 0 Å². The lowest BCUT2D eigenvalue weighted by Gasteiger charge is -2.03. The van der Waals surface area contributed by atoms with E-state index in [2.05, 4.69) is 6.58 Å². The van der Waals surface area contributed by atoms with E-state index in [4.69, 9.17) is 9.84 Å². The number of carbonyl (C=O) groups is 1. The van der Waals surface area contributed by atoms with Crippen LogP contribution in [-0.4, -0.2) is 18.2 Å². The Morgan fingerprint density at radius 3 is 2.38 bits per heavy atom. The molecule has 3 nitrogen and oxygen atoms in total. The Morgan fingerprint density at radius 2 is 2.08 bits per heavy atom. The van der Waals surface area contributed by atoms with Gasteiger partial charge in [-0.25, -0.2) is 4.79 Å². The largest absolute Gasteiger partial charge is 0.497 e. The van der Waals surface area contributed by atoms with Gasteiger partial charge in [-0.1, -0.05) is 12.7 Å². The van der Waals surface area contributed by atoms with Gasteiger partial charge in [0.15, 0.2) is 0 Å². The molecular formula is C10H14O3. The SMILES string of the molecule is C=C(/C=C(C)\C(=C/C)C(=O)O)OC. The fourth-order valence-corrected chi connectivity index (χ4v) is 0.898. The monoisotopic (exact) mass is 182 g/mol. The minimum absolute atomic E-state index is 0.262. The van der Waals surface area contributed by atoms with Crippen molar-refractivity contribution in [1.82, 2.24) is 0 Å². The molecule has 1 N–H and O–H groups in total. The lowest BCUT2D eigenvalue weighted by atomic mass is 10.1. The molecule has 0 fully saturated rings. The molecule has 72 valence electrons. The highest BCUT2D eigenvalue weighted by atomic mass is 16.5. The molecule has 0 aromatic heterocycles. The van der Waals surface area contributed by atoms with Gasteiger partial charge in [0, 0.05) is 0 Å². The Hall–Kier alpha value is -1.51. The Kier molecular flexibility index (Phi) is 4.59. The highest BCUT2D eigenvalue weighted by Gasteiger charge is 2.07. The maximum atomic E-state index is 10.7. The van der Waals surface area contributed by atoms with Crippen molar-refractivity contribution in [2.75, 3.05) is 7.11 Å². The van der Waals surface area contributed by atoms with E-state index in [0.717, 1.165) is 0 Å². The molecular weight excluding hydrogens is 168 g/mol.